The van der Waals surface area contributed by atoms with E-state index in [9.17, 15) is 8.42 Å². The first-order valence-corrected chi connectivity index (χ1v) is 16.7. The van der Waals surface area contributed by atoms with Crippen LogP contribution in [0.3, 0.4) is 0 Å². The van der Waals surface area contributed by atoms with Crippen molar-refractivity contribution in [2.24, 2.45) is 5.92 Å². The van der Waals surface area contributed by atoms with Crippen LogP contribution in [0.5, 0.6) is 5.75 Å². The molecule has 0 saturated carbocycles. The van der Waals surface area contributed by atoms with Crippen LogP contribution < -0.4 is 26.6 Å². The van der Waals surface area contributed by atoms with Gasteiger partial charge in [-0.3, -0.25) is 0 Å². The minimum atomic E-state index is -3.67. The van der Waals surface area contributed by atoms with E-state index in [1.165, 1.54) is 9.75 Å². The van der Waals surface area contributed by atoms with Crippen molar-refractivity contribution in [1.29, 1.82) is 0 Å². The van der Waals surface area contributed by atoms with E-state index in [-0.39, 0.29) is 5.92 Å². The minimum absolute atomic E-state index is 0.0251. The Bertz CT molecular complexity index is 1400. The van der Waals surface area contributed by atoms with E-state index < -0.39 is 37.3 Å². The molecule has 6 nitrogen and oxygen atoms in total. The fourth-order valence-corrected chi connectivity index (χ4v) is 9.98. The van der Waals surface area contributed by atoms with Gasteiger partial charge < -0.3 is 0 Å². The monoisotopic (exact) mass is 653 g/mol. The quantitative estimate of drug-likeness (QED) is 0.301. The molecule has 190 valence electrons. The number of nitrogens with zero attached hydrogens (tertiary/aromatic N) is 2. The van der Waals surface area contributed by atoms with Crippen LogP contribution in [0.4, 0.5) is 0 Å². The molecule has 10 heteroatoms. The van der Waals surface area contributed by atoms with Gasteiger partial charge in [-0.15, -0.1) is 11.3 Å². The van der Waals surface area contributed by atoms with Crippen molar-refractivity contribution in [3.05, 3.63) is 91.7 Å². The molecule has 6 rings (SSSR count). The van der Waals surface area contributed by atoms with Gasteiger partial charge in [0.15, 0.2) is 0 Å². The number of sulfone groups is 1. The second-order valence-electron chi connectivity index (χ2n) is 9.33. The maximum absolute atomic E-state index is 13.7. The number of rotatable bonds is 6. The average molecular weight is 654 g/mol. The fourth-order valence-electron chi connectivity index (χ4n) is 4.61. The predicted molar refractivity (Wildman–Crippen MR) is 138 cm³/mol. The first-order valence-electron chi connectivity index (χ1n) is 11.7. The predicted octanol–water partition coefficient (Wildman–Crippen LogP) is 2.22. The second kappa shape index (κ2) is 9.97. The molecule has 0 N–H and O–H groups in total. The third-order valence-electron chi connectivity index (χ3n) is 6.69. The SMILES string of the molecule is CC12C=CC(S(=O)(=O)c3ccc4c(c3)CN(Cc3cccs3)CO4)=CC1CN(Cc1cccs1)[I-]O2. The Hall–Kier alpha value is -1.54. The van der Waals surface area contributed by atoms with E-state index in [1.807, 2.05) is 18.2 Å². The molecule has 2 aromatic heterocycles. The van der Waals surface area contributed by atoms with Gasteiger partial charge in [0.05, 0.1) is 0 Å². The summed E-state index contributed by atoms with van der Waals surface area (Å²) in [5, 5.41) is 4.15. The third-order valence-corrected chi connectivity index (χ3v) is 12.6. The molecule has 3 aromatic rings. The van der Waals surface area contributed by atoms with E-state index >= 15 is 0 Å². The van der Waals surface area contributed by atoms with Crippen molar-refractivity contribution >= 4 is 32.5 Å². The summed E-state index contributed by atoms with van der Waals surface area (Å²) in [5.41, 5.74) is 0.446. The average Bonchev–Trinajstić information content (AvgIpc) is 3.58. The Morgan fingerprint density at radius 1 is 1.11 bits per heavy atom. The molecular weight excluding hydrogens is 627 g/mol. The molecule has 3 aliphatic rings. The first kappa shape index (κ1) is 24.8. The van der Waals surface area contributed by atoms with E-state index in [2.05, 4.69) is 43.9 Å². The standard InChI is InChI=1S/C26H26IN2O4S3/c1-26-9-8-24(13-20(26)15-29(27-33-26)17-22-5-3-11-35-22)36(30,31)23-6-7-25-19(12-23)14-28(18-32-25)16-21-4-2-10-34-21/h2-13,20H,14-18H2,1H3/q-1. The molecule has 1 saturated heterocycles. The van der Waals surface area contributed by atoms with Gasteiger partial charge in [0.1, 0.15) is 0 Å². The number of benzene rings is 1. The summed E-state index contributed by atoms with van der Waals surface area (Å²) < 4.78 is 42.0. The van der Waals surface area contributed by atoms with Crippen LogP contribution in [0.2, 0.25) is 0 Å². The number of ether oxygens (including phenoxy) is 1. The molecule has 4 heterocycles. The summed E-state index contributed by atoms with van der Waals surface area (Å²) in [6, 6.07) is 13.6. The van der Waals surface area contributed by atoms with Crippen LogP contribution in [-0.2, 0) is 32.5 Å². The van der Waals surface area contributed by atoms with Gasteiger partial charge in [-0.25, -0.2) is 0 Å². The molecule has 2 unspecified atom stereocenters. The summed E-state index contributed by atoms with van der Waals surface area (Å²) in [7, 11) is -3.67. The number of thiophene rings is 2. The zero-order valence-electron chi connectivity index (χ0n) is 19.7. The molecule has 0 amide bonds. The molecule has 1 aromatic carbocycles. The van der Waals surface area contributed by atoms with E-state index in [4.69, 9.17) is 7.80 Å². The van der Waals surface area contributed by atoms with Crippen molar-refractivity contribution in [2.75, 3.05) is 13.3 Å². The molecule has 0 bridgehead atoms. The van der Waals surface area contributed by atoms with Crippen LogP contribution in [-0.4, -0.2) is 35.3 Å². The summed E-state index contributed by atoms with van der Waals surface area (Å²) in [6.45, 7) is 5.64. The zero-order valence-corrected chi connectivity index (χ0v) is 24.3. The van der Waals surface area contributed by atoms with Gasteiger partial charge in [0.25, 0.3) is 0 Å². The Labute approximate surface area is 230 Å². The third kappa shape index (κ3) is 4.96. The van der Waals surface area contributed by atoms with Crippen molar-refractivity contribution < 1.29 is 38.1 Å². The van der Waals surface area contributed by atoms with Crippen molar-refractivity contribution in [3.8, 4) is 5.75 Å². The topological polar surface area (TPSA) is 59.1 Å². The van der Waals surface area contributed by atoms with E-state index in [0.29, 0.717) is 23.1 Å². The summed E-state index contributed by atoms with van der Waals surface area (Å²) >= 11 is 2.88. The fraction of sp³-hybridized carbons (Fsp3) is 0.308. The first-order chi connectivity index (χ1) is 17.4. The molecule has 2 atom stereocenters. The number of allylic oxidation sites excluding steroid dienone is 1. The Balaban J connectivity index is 1.22. The van der Waals surface area contributed by atoms with Gasteiger partial charge in [0.2, 0.25) is 0 Å². The zero-order chi connectivity index (χ0) is 24.8. The number of hydrogen-bond acceptors (Lipinski definition) is 8. The number of fused-ring (bicyclic) bond motifs is 2. The molecule has 1 fully saturated rings. The molecule has 0 spiro atoms. The van der Waals surface area contributed by atoms with Gasteiger partial charge in [-0.05, 0) is 11.4 Å². The van der Waals surface area contributed by atoms with Gasteiger partial charge >= 0.3 is 199 Å². The van der Waals surface area contributed by atoms with Gasteiger partial charge in [-0.1, -0.05) is 6.07 Å². The van der Waals surface area contributed by atoms with Gasteiger partial charge in [-0.2, -0.15) is 0 Å². The van der Waals surface area contributed by atoms with Crippen molar-refractivity contribution in [3.63, 3.8) is 0 Å². The number of halogens is 1. The molecule has 0 radical (unpaired) electrons. The summed E-state index contributed by atoms with van der Waals surface area (Å²) in [6.07, 6.45) is 5.57. The Morgan fingerprint density at radius 3 is 2.64 bits per heavy atom. The van der Waals surface area contributed by atoms with Crippen LogP contribution in [0.25, 0.3) is 0 Å². The molecule has 2 aliphatic heterocycles. The van der Waals surface area contributed by atoms with E-state index in [0.717, 1.165) is 30.9 Å². The Kier molecular flexibility index (Phi) is 6.86. The number of hydrogen-bond donors (Lipinski definition) is 0. The van der Waals surface area contributed by atoms with Crippen molar-refractivity contribution in [2.45, 2.75) is 37.1 Å². The van der Waals surface area contributed by atoms with Crippen LogP contribution in [0.1, 0.15) is 22.2 Å². The maximum atomic E-state index is 13.7. The normalized spacial score (nSPS) is 24.8. The Morgan fingerprint density at radius 2 is 1.89 bits per heavy atom. The van der Waals surface area contributed by atoms with E-state index in [1.54, 1.807) is 46.9 Å². The van der Waals surface area contributed by atoms with Crippen molar-refractivity contribution in [1.82, 2.24) is 8.01 Å². The van der Waals surface area contributed by atoms with Crippen LogP contribution in [0, 0.1) is 5.92 Å². The van der Waals surface area contributed by atoms with Gasteiger partial charge in [0, 0.05) is 4.88 Å². The second-order valence-corrected chi connectivity index (χ2v) is 15.5. The molecule has 1 aliphatic carbocycles. The molecular formula is C26H26IN2O4S3-. The summed E-state index contributed by atoms with van der Waals surface area (Å²) in [4.78, 5) is 5.39. The van der Waals surface area contributed by atoms with Crippen LogP contribution >= 0.6 is 22.7 Å². The van der Waals surface area contributed by atoms with Crippen LogP contribution in [0.15, 0.2) is 81.3 Å². The molecule has 36 heavy (non-hydrogen) atoms. The summed E-state index contributed by atoms with van der Waals surface area (Å²) in [5.74, 6) is 0.730.